The number of nitrogens with two attached hydrogens (primary N) is 1. The van der Waals surface area contributed by atoms with E-state index >= 15 is 0 Å². The van der Waals surface area contributed by atoms with Crippen LogP contribution >= 0.6 is 0 Å². The number of terminal acetylenes is 1. The molecule has 0 atom stereocenters. The third-order valence-electron chi connectivity index (χ3n) is 1.59. The van der Waals surface area contributed by atoms with E-state index in [4.69, 9.17) is 12.2 Å². The molecule has 0 amide bonds. The third kappa shape index (κ3) is 1.85. The normalized spacial score (nSPS) is 9.23. The van der Waals surface area contributed by atoms with E-state index < -0.39 is 11.6 Å². The number of hydrogen-bond donors (Lipinski definition) is 1. The maximum absolute atomic E-state index is 13.2. The van der Waals surface area contributed by atoms with Crippen molar-refractivity contribution in [1.29, 1.82) is 0 Å². The minimum Gasteiger partial charge on any atom is -0.396 e. The fourth-order valence-corrected chi connectivity index (χ4v) is 0.953. The molecule has 0 heterocycles. The van der Waals surface area contributed by atoms with Crippen molar-refractivity contribution in [3.8, 4) is 12.3 Å². The van der Waals surface area contributed by atoms with Crippen LogP contribution in [0.5, 0.6) is 0 Å². The molecule has 1 aromatic rings. The fraction of sp³-hybridized carbons (Fsp3) is 0.100. The van der Waals surface area contributed by atoms with E-state index in [-0.39, 0.29) is 17.7 Å². The quantitative estimate of drug-likeness (QED) is 0.423. The molecule has 66 valence electrons. The van der Waals surface area contributed by atoms with Gasteiger partial charge in [-0.2, -0.15) is 0 Å². The number of rotatable bonds is 2. The van der Waals surface area contributed by atoms with Crippen molar-refractivity contribution in [3.63, 3.8) is 0 Å². The monoisotopic (exact) mass is 177 g/mol. The highest BCUT2D eigenvalue weighted by atomic mass is 19.1. The minimum atomic E-state index is -0.692. The summed E-state index contributed by atoms with van der Waals surface area (Å²) in [7, 11) is 0. The van der Waals surface area contributed by atoms with Gasteiger partial charge in [0, 0.05) is 0 Å². The van der Waals surface area contributed by atoms with Gasteiger partial charge in [-0.25, -0.2) is 4.39 Å². The number of carbonyl (C=O) groups is 1. The number of hydrogen-bond acceptors (Lipinski definition) is 2. The van der Waals surface area contributed by atoms with E-state index in [1.54, 1.807) is 0 Å². The first-order valence-corrected chi connectivity index (χ1v) is 3.67. The maximum Gasteiger partial charge on any atom is 0.177 e. The van der Waals surface area contributed by atoms with Crippen molar-refractivity contribution < 1.29 is 9.18 Å². The zero-order valence-electron chi connectivity index (χ0n) is 6.88. The topological polar surface area (TPSA) is 43.1 Å². The van der Waals surface area contributed by atoms with E-state index in [0.29, 0.717) is 0 Å². The number of anilines is 1. The van der Waals surface area contributed by atoms with Gasteiger partial charge in [-0.3, -0.25) is 4.79 Å². The Labute approximate surface area is 75.6 Å². The van der Waals surface area contributed by atoms with E-state index in [2.05, 4.69) is 5.92 Å². The van der Waals surface area contributed by atoms with Gasteiger partial charge in [0.1, 0.15) is 0 Å². The standard InChI is InChI=1S/C10H8FNO/c1-2-4-9(13)7-5-3-6-8(12)10(7)11/h1,3,5-6H,4,12H2. The van der Waals surface area contributed by atoms with Crippen LogP contribution in [0.4, 0.5) is 10.1 Å². The van der Waals surface area contributed by atoms with Crippen LogP contribution in [-0.4, -0.2) is 5.78 Å². The maximum atomic E-state index is 13.2. The largest absolute Gasteiger partial charge is 0.396 e. The Hall–Kier alpha value is -1.82. The van der Waals surface area contributed by atoms with Gasteiger partial charge in [-0.15, -0.1) is 6.42 Å². The summed E-state index contributed by atoms with van der Waals surface area (Å²) in [4.78, 5) is 11.2. The Morgan fingerprint density at radius 3 is 2.92 bits per heavy atom. The number of benzene rings is 1. The van der Waals surface area contributed by atoms with Crippen molar-refractivity contribution in [2.24, 2.45) is 0 Å². The Bertz CT molecular complexity index is 379. The molecule has 0 fully saturated rings. The highest BCUT2D eigenvalue weighted by Gasteiger charge is 2.11. The fourth-order valence-electron chi connectivity index (χ4n) is 0.953. The van der Waals surface area contributed by atoms with Crippen LogP contribution in [0.1, 0.15) is 16.8 Å². The molecule has 0 aliphatic heterocycles. The van der Waals surface area contributed by atoms with E-state index in [9.17, 15) is 9.18 Å². The molecule has 1 aromatic carbocycles. The molecule has 1 rings (SSSR count). The van der Waals surface area contributed by atoms with Gasteiger partial charge in [0.2, 0.25) is 0 Å². The summed E-state index contributed by atoms with van der Waals surface area (Å²) < 4.78 is 13.2. The molecule has 3 heteroatoms. The van der Waals surface area contributed by atoms with Gasteiger partial charge < -0.3 is 5.73 Å². The van der Waals surface area contributed by atoms with Crippen molar-refractivity contribution in [1.82, 2.24) is 0 Å². The highest BCUT2D eigenvalue weighted by Crippen LogP contribution is 2.15. The Kier molecular flexibility index (Phi) is 2.65. The van der Waals surface area contributed by atoms with E-state index in [1.807, 2.05) is 0 Å². The van der Waals surface area contributed by atoms with Crippen molar-refractivity contribution in [2.45, 2.75) is 6.42 Å². The minimum absolute atomic E-state index is 0.0390. The van der Waals surface area contributed by atoms with Gasteiger partial charge in [0.25, 0.3) is 0 Å². The Morgan fingerprint density at radius 1 is 1.62 bits per heavy atom. The highest BCUT2D eigenvalue weighted by molar-refractivity contribution is 5.98. The van der Waals surface area contributed by atoms with Crippen molar-refractivity contribution in [3.05, 3.63) is 29.6 Å². The van der Waals surface area contributed by atoms with Gasteiger partial charge in [0.15, 0.2) is 11.6 Å². The molecule has 2 N–H and O–H groups in total. The second-order valence-corrected chi connectivity index (χ2v) is 2.51. The summed E-state index contributed by atoms with van der Waals surface area (Å²) in [6, 6.07) is 4.27. The molecule has 0 radical (unpaired) electrons. The lowest BCUT2D eigenvalue weighted by atomic mass is 10.1. The molecule has 0 saturated carbocycles. The molecule has 2 nitrogen and oxygen atoms in total. The molecule has 0 bridgehead atoms. The first kappa shape index (κ1) is 9.27. The molecule has 0 aliphatic carbocycles. The molecule has 13 heavy (non-hydrogen) atoms. The molecular formula is C10H8FNO. The van der Waals surface area contributed by atoms with Crippen LogP contribution in [0.2, 0.25) is 0 Å². The predicted octanol–water partition coefficient (Wildman–Crippen LogP) is 1.61. The third-order valence-corrected chi connectivity index (χ3v) is 1.59. The van der Waals surface area contributed by atoms with Crippen molar-refractivity contribution in [2.75, 3.05) is 5.73 Å². The van der Waals surface area contributed by atoms with Gasteiger partial charge in [-0.1, -0.05) is 12.0 Å². The van der Waals surface area contributed by atoms with Crippen LogP contribution in [0.3, 0.4) is 0 Å². The summed E-state index contributed by atoms with van der Waals surface area (Å²) >= 11 is 0. The lowest BCUT2D eigenvalue weighted by Crippen LogP contribution is -2.03. The number of Topliss-reactive ketones (excluding diaryl/α,β-unsaturated/α-hetero) is 1. The molecule has 0 spiro atoms. The second kappa shape index (κ2) is 3.72. The number of carbonyl (C=O) groups excluding carboxylic acids is 1. The Morgan fingerprint density at radius 2 is 2.31 bits per heavy atom. The number of nitrogen functional groups attached to an aromatic ring is 1. The number of ketones is 1. The molecular weight excluding hydrogens is 169 g/mol. The zero-order chi connectivity index (χ0) is 9.84. The van der Waals surface area contributed by atoms with Gasteiger partial charge in [0.05, 0.1) is 17.7 Å². The number of halogens is 1. The SMILES string of the molecule is C#CCC(=O)c1cccc(N)c1F. The van der Waals surface area contributed by atoms with Crippen LogP contribution in [0, 0.1) is 18.2 Å². The summed E-state index contributed by atoms with van der Waals surface area (Å²) in [5.41, 5.74) is 5.19. The zero-order valence-corrected chi connectivity index (χ0v) is 6.88. The average molecular weight is 177 g/mol. The van der Waals surface area contributed by atoms with Crippen LogP contribution in [0.25, 0.3) is 0 Å². The molecule has 0 unspecified atom stereocenters. The van der Waals surface area contributed by atoms with E-state index in [1.165, 1.54) is 18.2 Å². The average Bonchev–Trinajstić information content (AvgIpc) is 2.10. The second-order valence-electron chi connectivity index (χ2n) is 2.51. The van der Waals surface area contributed by atoms with Crippen LogP contribution < -0.4 is 5.73 Å². The predicted molar refractivity (Wildman–Crippen MR) is 48.6 cm³/mol. The smallest absolute Gasteiger partial charge is 0.177 e. The molecule has 0 saturated heterocycles. The van der Waals surface area contributed by atoms with Crippen LogP contribution in [0.15, 0.2) is 18.2 Å². The lowest BCUT2D eigenvalue weighted by molar-refractivity contribution is 0.0994. The van der Waals surface area contributed by atoms with E-state index in [0.717, 1.165) is 0 Å². The molecule has 0 aromatic heterocycles. The summed E-state index contributed by atoms with van der Waals surface area (Å²) in [6.45, 7) is 0. The first-order valence-electron chi connectivity index (χ1n) is 3.67. The van der Waals surface area contributed by atoms with Crippen molar-refractivity contribution >= 4 is 11.5 Å². The summed E-state index contributed by atoms with van der Waals surface area (Å²) in [5.74, 6) is 1.04. The Balaban J connectivity index is 3.09. The van der Waals surface area contributed by atoms with Gasteiger partial charge in [-0.05, 0) is 12.1 Å². The van der Waals surface area contributed by atoms with Crippen LogP contribution in [-0.2, 0) is 0 Å². The summed E-state index contributed by atoms with van der Waals surface area (Å²) in [6.07, 6.45) is 4.82. The lowest BCUT2D eigenvalue weighted by Gasteiger charge is -2.01. The summed E-state index contributed by atoms with van der Waals surface area (Å²) in [5, 5.41) is 0. The first-order chi connectivity index (χ1) is 6.16. The van der Waals surface area contributed by atoms with Gasteiger partial charge >= 0.3 is 0 Å². The molecule has 0 aliphatic rings.